The van der Waals surface area contributed by atoms with Crippen molar-refractivity contribution in [3.05, 3.63) is 58.3 Å². The second-order valence-corrected chi connectivity index (χ2v) is 12.5. The molecule has 0 spiro atoms. The predicted octanol–water partition coefficient (Wildman–Crippen LogP) is 7.77. The van der Waals surface area contributed by atoms with Crippen LogP contribution in [-0.2, 0) is 9.53 Å². The number of carbonyl (C=O) groups is 1. The van der Waals surface area contributed by atoms with Gasteiger partial charge in [-0.05, 0) is 43.5 Å². The minimum absolute atomic E-state index is 0.0112. The summed E-state index contributed by atoms with van der Waals surface area (Å²) in [5.41, 5.74) is 2.38. The zero-order chi connectivity index (χ0) is 31.4. The molecule has 2 fully saturated rings. The topological polar surface area (TPSA) is 102 Å². The number of hydrogen-bond donors (Lipinski definition) is 1. The Morgan fingerprint density at radius 2 is 2.00 bits per heavy atom. The number of aliphatic carboxylic acids is 1. The Morgan fingerprint density at radius 3 is 2.78 bits per heavy atom. The van der Waals surface area contributed by atoms with Gasteiger partial charge in [-0.2, -0.15) is 4.98 Å². The van der Waals surface area contributed by atoms with Crippen molar-refractivity contribution in [2.75, 3.05) is 19.8 Å². The number of ether oxygens (including phenoxy) is 2. The normalized spacial score (nSPS) is 25.2. The molecule has 2 saturated heterocycles. The first kappa shape index (κ1) is 30.0. The van der Waals surface area contributed by atoms with Gasteiger partial charge in [-0.15, -0.1) is 0 Å². The molecule has 236 valence electrons. The van der Waals surface area contributed by atoms with E-state index in [1.807, 2.05) is 4.57 Å². The molecular weight excluding hydrogens is 629 g/mol. The van der Waals surface area contributed by atoms with Gasteiger partial charge < -0.3 is 23.9 Å². The largest absolute Gasteiger partial charge is 0.480 e. The molecule has 2 aromatic carbocycles. The number of hydrogen-bond acceptors (Lipinski definition) is 7. The van der Waals surface area contributed by atoms with Crippen molar-refractivity contribution in [2.24, 2.45) is 10.9 Å². The van der Waals surface area contributed by atoms with Gasteiger partial charge in [-0.3, -0.25) is 4.57 Å². The van der Waals surface area contributed by atoms with Crippen molar-refractivity contribution < 1.29 is 32.6 Å². The molecule has 3 aliphatic rings. The summed E-state index contributed by atoms with van der Waals surface area (Å²) in [6, 6.07) is 9.92. The Labute approximate surface area is 267 Å². The third kappa shape index (κ3) is 5.44. The highest BCUT2D eigenvalue weighted by Gasteiger charge is 2.42. The fraction of sp³-hybridized carbons (Fsp3) is 0.406. The first-order valence-electron chi connectivity index (χ1n) is 14.9. The average molecular weight is 660 g/mol. The number of carboxylic acid groups (broad SMARTS) is 1. The summed E-state index contributed by atoms with van der Waals surface area (Å²) in [6.45, 7) is 3.45. The number of benzene rings is 2. The fourth-order valence-corrected chi connectivity index (χ4v) is 6.94. The highest BCUT2D eigenvalue weighted by Crippen LogP contribution is 2.44. The molecule has 0 saturated carbocycles. The van der Waals surface area contributed by atoms with E-state index in [1.165, 1.54) is 0 Å². The van der Waals surface area contributed by atoms with Crippen LogP contribution in [0.2, 0.25) is 10.0 Å². The van der Waals surface area contributed by atoms with Crippen LogP contribution < -0.4 is 4.74 Å². The summed E-state index contributed by atoms with van der Waals surface area (Å²) >= 11 is 12.8. The van der Waals surface area contributed by atoms with Gasteiger partial charge in [0.1, 0.15) is 23.4 Å². The molecule has 5 heterocycles. The number of nitrogens with zero attached hydrogens (tertiary/aromatic N) is 4. The van der Waals surface area contributed by atoms with Crippen LogP contribution in [0, 0.1) is 5.92 Å². The van der Waals surface area contributed by atoms with Crippen LogP contribution in [0.5, 0.6) is 6.01 Å². The van der Waals surface area contributed by atoms with Gasteiger partial charge in [0.15, 0.2) is 5.76 Å². The molecule has 13 heteroatoms. The van der Waals surface area contributed by atoms with Crippen LogP contribution in [0.25, 0.3) is 27.7 Å². The molecule has 0 amide bonds. The van der Waals surface area contributed by atoms with Gasteiger partial charge in [-0.25, -0.2) is 18.6 Å². The zero-order valence-corrected chi connectivity index (χ0v) is 25.8. The Hall–Kier alpha value is -3.67. The first-order valence-corrected chi connectivity index (χ1v) is 15.6. The molecular formula is C32H30Cl2F2N4O5. The molecule has 3 aliphatic heterocycles. The number of halogens is 4. The van der Waals surface area contributed by atoms with Crippen molar-refractivity contribution in [3.8, 4) is 6.01 Å². The lowest BCUT2D eigenvalue weighted by Crippen LogP contribution is -2.35. The predicted molar refractivity (Wildman–Crippen MR) is 167 cm³/mol. The van der Waals surface area contributed by atoms with Gasteiger partial charge >= 0.3 is 5.97 Å². The number of furan rings is 1. The molecule has 45 heavy (non-hydrogen) atoms. The van der Waals surface area contributed by atoms with Crippen LogP contribution in [0.3, 0.4) is 0 Å². The monoisotopic (exact) mass is 658 g/mol. The molecule has 0 radical (unpaired) electrons. The lowest BCUT2D eigenvalue weighted by atomic mass is 9.97. The Kier molecular flexibility index (Phi) is 7.95. The quantitative estimate of drug-likeness (QED) is 0.226. The van der Waals surface area contributed by atoms with E-state index in [0.717, 1.165) is 11.9 Å². The number of alkyl halides is 2. The summed E-state index contributed by atoms with van der Waals surface area (Å²) in [7, 11) is 0. The number of rotatable bonds is 6. The number of imidazole rings is 1. The third-order valence-electron chi connectivity index (χ3n) is 8.80. The van der Waals surface area contributed by atoms with Crippen LogP contribution in [-0.4, -0.2) is 69.6 Å². The molecule has 0 bridgehead atoms. The number of carboxylic acids is 1. The number of aliphatic imine (C=N–C) groups is 1. The third-order valence-corrected chi connectivity index (χ3v) is 9.53. The minimum Gasteiger partial charge on any atom is -0.480 e. The van der Waals surface area contributed by atoms with Gasteiger partial charge in [0.2, 0.25) is 0 Å². The average Bonchev–Trinajstić information content (AvgIpc) is 3.67. The van der Waals surface area contributed by atoms with Gasteiger partial charge in [0.25, 0.3) is 12.4 Å². The van der Waals surface area contributed by atoms with Crippen molar-refractivity contribution in [2.45, 2.75) is 57.2 Å². The van der Waals surface area contributed by atoms with Crippen molar-refractivity contribution in [3.63, 3.8) is 0 Å². The molecule has 4 aromatic rings. The van der Waals surface area contributed by atoms with Gasteiger partial charge in [-0.1, -0.05) is 48.3 Å². The van der Waals surface area contributed by atoms with E-state index in [9.17, 15) is 18.7 Å². The summed E-state index contributed by atoms with van der Waals surface area (Å²) in [6.07, 6.45) is -0.365. The lowest BCUT2D eigenvalue weighted by molar-refractivity contribution is -0.141. The first-order chi connectivity index (χ1) is 21.7. The van der Waals surface area contributed by atoms with Crippen LogP contribution >= 0.6 is 23.2 Å². The molecule has 7 rings (SSSR count). The SMILES string of the molecule is C[C@@H]1COCC[C@H]1n1c(O[C@H]2C[C@@H](C(=O)O)N(/C3=C/CCC(C(F)F)=Nc4c3oc3ccccc43)C2)nc2cc(Cl)c(Cl)cc21. The standard InChI is InChI=1S/C32H30Cl2F2N4O5/c1-16-15-43-10-9-23(16)40-25-13-20(34)19(33)12-22(25)38-32(40)44-17-11-26(31(41)42)39(14-17)24-7-4-6-21(30(35)36)37-28-18-5-2-3-8-27(18)45-29(24)28/h2-3,5,7-8,12-13,16-17,23,26,30H,4,6,9-11,14-15H2,1H3,(H,41,42)/b24-7+,37-21?/t16-,17+,23-,26+/m1/s1. The summed E-state index contributed by atoms with van der Waals surface area (Å²) in [5.74, 6) is -0.623. The van der Waals surface area contributed by atoms with E-state index < -0.39 is 24.5 Å². The van der Waals surface area contributed by atoms with E-state index in [0.29, 0.717) is 51.5 Å². The minimum atomic E-state index is -2.72. The summed E-state index contributed by atoms with van der Waals surface area (Å²) in [5, 5.41) is 11.7. The Bertz CT molecular complexity index is 1850. The van der Waals surface area contributed by atoms with Crippen LogP contribution in [0.4, 0.5) is 14.5 Å². The van der Waals surface area contributed by atoms with Crippen molar-refractivity contribution in [1.82, 2.24) is 14.5 Å². The maximum Gasteiger partial charge on any atom is 0.326 e. The molecule has 4 atom stereocenters. The van der Waals surface area contributed by atoms with E-state index in [1.54, 1.807) is 47.4 Å². The highest BCUT2D eigenvalue weighted by atomic mass is 35.5. The molecule has 0 unspecified atom stereocenters. The smallest absolute Gasteiger partial charge is 0.326 e. The second-order valence-electron chi connectivity index (χ2n) is 11.7. The van der Waals surface area contributed by atoms with E-state index >= 15 is 0 Å². The zero-order valence-electron chi connectivity index (χ0n) is 24.3. The lowest BCUT2D eigenvalue weighted by Gasteiger charge is -2.31. The molecule has 0 aliphatic carbocycles. The Balaban J connectivity index is 1.27. The summed E-state index contributed by atoms with van der Waals surface area (Å²) < 4.78 is 48.2. The second kappa shape index (κ2) is 11.9. The molecule has 1 N–H and O–H groups in total. The van der Waals surface area contributed by atoms with E-state index in [-0.39, 0.29) is 54.9 Å². The number of para-hydroxylation sites is 1. The number of aromatic nitrogens is 2. The number of fused-ring (bicyclic) bond motifs is 4. The van der Waals surface area contributed by atoms with Crippen LogP contribution in [0.1, 0.15) is 44.4 Å². The van der Waals surface area contributed by atoms with Crippen molar-refractivity contribution >= 4 is 68.3 Å². The van der Waals surface area contributed by atoms with E-state index in [2.05, 4.69) is 11.9 Å². The van der Waals surface area contributed by atoms with E-state index in [4.69, 9.17) is 42.1 Å². The highest BCUT2D eigenvalue weighted by molar-refractivity contribution is 6.42. The summed E-state index contributed by atoms with van der Waals surface area (Å²) in [4.78, 5) is 23.5. The van der Waals surface area contributed by atoms with Gasteiger partial charge in [0, 0.05) is 30.4 Å². The maximum absolute atomic E-state index is 13.9. The Morgan fingerprint density at radius 1 is 1.20 bits per heavy atom. The van der Waals surface area contributed by atoms with Crippen LogP contribution in [0.15, 0.2) is 51.9 Å². The number of allylic oxidation sites excluding steroid dienone is 1. The maximum atomic E-state index is 13.9. The van der Waals surface area contributed by atoms with Crippen molar-refractivity contribution in [1.29, 1.82) is 0 Å². The number of likely N-dealkylation sites (tertiary alicyclic amines) is 1. The molecule has 2 aromatic heterocycles. The van der Waals surface area contributed by atoms with Gasteiger partial charge in [0.05, 0.1) is 45.6 Å². The molecule has 9 nitrogen and oxygen atoms in total. The fourth-order valence-electron chi connectivity index (χ4n) is 6.63.